The van der Waals surface area contributed by atoms with Gasteiger partial charge in [0.05, 0.1) is 5.69 Å². The van der Waals surface area contributed by atoms with Crippen molar-refractivity contribution in [2.75, 3.05) is 0 Å². The fraction of sp³-hybridized carbons (Fsp3) is 0. The standard InChI is InChI=1S/C20H13Cl2NO/c21-16-8-6-14(7-9-16)13-23-19-11-10-17(22)12-18(19)20(24)15-4-2-1-3-5-15/h1-13H. The maximum atomic E-state index is 12.7. The molecule has 0 unspecified atom stereocenters. The van der Waals surface area contributed by atoms with E-state index in [-0.39, 0.29) is 5.78 Å². The Hall–Kier alpha value is -2.42. The Kier molecular flexibility index (Phi) is 5.09. The topological polar surface area (TPSA) is 29.4 Å². The van der Waals surface area contributed by atoms with Crippen LogP contribution in [0.1, 0.15) is 21.5 Å². The molecule has 0 atom stereocenters. The number of hydrogen-bond donors (Lipinski definition) is 0. The molecule has 0 amide bonds. The Morgan fingerprint density at radius 1 is 0.833 bits per heavy atom. The minimum Gasteiger partial charge on any atom is -0.289 e. The third-order valence-corrected chi connectivity index (χ3v) is 3.95. The number of aliphatic imine (C=N–C) groups is 1. The molecule has 3 aromatic carbocycles. The average Bonchev–Trinajstić information content (AvgIpc) is 2.62. The summed E-state index contributed by atoms with van der Waals surface area (Å²) in [6, 6.07) is 21.5. The zero-order valence-corrected chi connectivity index (χ0v) is 14.1. The van der Waals surface area contributed by atoms with Gasteiger partial charge in [0.1, 0.15) is 0 Å². The molecule has 0 saturated carbocycles. The lowest BCUT2D eigenvalue weighted by Crippen LogP contribution is -2.01. The highest BCUT2D eigenvalue weighted by molar-refractivity contribution is 6.31. The Balaban J connectivity index is 1.97. The van der Waals surface area contributed by atoms with Crippen LogP contribution in [0.3, 0.4) is 0 Å². The zero-order valence-electron chi connectivity index (χ0n) is 12.6. The van der Waals surface area contributed by atoms with Crippen LogP contribution in [0.5, 0.6) is 0 Å². The number of nitrogens with zero attached hydrogens (tertiary/aromatic N) is 1. The van der Waals surface area contributed by atoms with Crippen molar-refractivity contribution in [2.24, 2.45) is 4.99 Å². The summed E-state index contributed by atoms with van der Waals surface area (Å²) in [5, 5.41) is 1.17. The summed E-state index contributed by atoms with van der Waals surface area (Å²) in [6.07, 6.45) is 1.70. The van der Waals surface area contributed by atoms with Crippen LogP contribution in [0.15, 0.2) is 77.8 Å². The quantitative estimate of drug-likeness (QED) is 0.419. The van der Waals surface area contributed by atoms with Crippen LogP contribution in [-0.4, -0.2) is 12.0 Å². The lowest BCUT2D eigenvalue weighted by atomic mass is 10.0. The number of carbonyl (C=O) groups is 1. The van der Waals surface area contributed by atoms with Gasteiger partial charge in [-0.15, -0.1) is 0 Å². The van der Waals surface area contributed by atoms with Gasteiger partial charge in [0.15, 0.2) is 5.78 Å². The second kappa shape index (κ2) is 7.43. The maximum absolute atomic E-state index is 12.7. The van der Waals surface area contributed by atoms with Crippen molar-refractivity contribution < 1.29 is 4.79 Å². The molecule has 0 bridgehead atoms. The average molecular weight is 354 g/mol. The van der Waals surface area contributed by atoms with Gasteiger partial charge in [-0.2, -0.15) is 0 Å². The molecule has 0 radical (unpaired) electrons. The molecule has 0 aliphatic carbocycles. The third-order valence-electron chi connectivity index (χ3n) is 3.46. The summed E-state index contributed by atoms with van der Waals surface area (Å²) >= 11 is 11.9. The van der Waals surface area contributed by atoms with E-state index in [1.54, 1.807) is 48.7 Å². The van der Waals surface area contributed by atoms with Gasteiger partial charge in [0.2, 0.25) is 0 Å². The number of halogens is 2. The first-order chi connectivity index (χ1) is 11.6. The summed E-state index contributed by atoms with van der Waals surface area (Å²) in [5.41, 5.74) is 2.54. The first-order valence-electron chi connectivity index (χ1n) is 7.32. The van der Waals surface area contributed by atoms with E-state index in [4.69, 9.17) is 23.2 Å². The van der Waals surface area contributed by atoms with Gasteiger partial charge in [-0.05, 0) is 35.9 Å². The Morgan fingerprint density at radius 3 is 2.21 bits per heavy atom. The molecule has 24 heavy (non-hydrogen) atoms. The van der Waals surface area contributed by atoms with Crippen LogP contribution >= 0.6 is 23.2 Å². The van der Waals surface area contributed by atoms with Gasteiger partial charge in [0.25, 0.3) is 0 Å². The lowest BCUT2D eigenvalue weighted by Gasteiger charge is -2.06. The molecule has 0 fully saturated rings. The van der Waals surface area contributed by atoms with Crippen molar-refractivity contribution in [3.63, 3.8) is 0 Å². The van der Waals surface area contributed by atoms with Gasteiger partial charge in [-0.25, -0.2) is 0 Å². The normalized spacial score (nSPS) is 10.9. The number of rotatable bonds is 4. The van der Waals surface area contributed by atoms with Crippen molar-refractivity contribution in [3.8, 4) is 0 Å². The van der Waals surface area contributed by atoms with Crippen LogP contribution in [0, 0.1) is 0 Å². The highest BCUT2D eigenvalue weighted by Gasteiger charge is 2.13. The summed E-state index contributed by atoms with van der Waals surface area (Å²) in [6.45, 7) is 0. The highest BCUT2D eigenvalue weighted by atomic mass is 35.5. The molecule has 0 spiro atoms. The third kappa shape index (κ3) is 3.91. The van der Waals surface area contributed by atoms with E-state index in [0.29, 0.717) is 26.9 Å². The summed E-state index contributed by atoms with van der Waals surface area (Å²) in [7, 11) is 0. The van der Waals surface area contributed by atoms with Gasteiger partial charge in [-0.3, -0.25) is 9.79 Å². The monoisotopic (exact) mass is 353 g/mol. The van der Waals surface area contributed by atoms with Crippen LogP contribution in [0.2, 0.25) is 10.0 Å². The first-order valence-corrected chi connectivity index (χ1v) is 8.08. The van der Waals surface area contributed by atoms with Gasteiger partial charge < -0.3 is 0 Å². The van der Waals surface area contributed by atoms with Crippen LogP contribution in [-0.2, 0) is 0 Å². The van der Waals surface area contributed by atoms with E-state index in [1.165, 1.54) is 0 Å². The largest absolute Gasteiger partial charge is 0.289 e. The van der Waals surface area contributed by atoms with Crippen LogP contribution in [0.4, 0.5) is 5.69 Å². The molecule has 0 heterocycles. The summed E-state index contributed by atoms with van der Waals surface area (Å²) < 4.78 is 0. The fourth-order valence-corrected chi connectivity index (χ4v) is 2.54. The molecule has 0 N–H and O–H groups in total. The van der Waals surface area contributed by atoms with Gasteiger partial charge in [-0.1, -0.05) is 65.7 Å². The van der Waals surface area contributed by atoms with Crippen LogP contribution < -0.4 is 0 Å². The minimum atomic E-state index is -0.110. The second-order valence-electron chi connectivity index (χ2n) is 5.17. The molecule has 3 aromatic rings. The molecular weight excluding hydrogens is 341 g/mol. The maximum Gasteiger partial charge on any atom is 0.195 e. The molecule has 3 rings (SSSR count). The van der Waals surface area contributed by atoms with Crippen molar-refractivity contribution in [2.45, 2.75) is 0 Å². The van der Waals surface area contributed by atoms with E-state index >= 15 is 0 Å². The lowest BCUT2D eigenvalue weighted by molar-refractivity contribution is 0.103. The minimum absolute atomic E-state index is 0.110. The van der Waals surface area contributed by atoms with E-state index in [1.807, 2.05) is 30.3 Å². The molecule has 0 aliphatic rings. The van der Waals surface area contributed by atoms with Crippen LogP contribution in [0.25, 0.3) is 0 Å². The summed E-state index contributed by atoms with van der Waals surface area (Å²) in [4.78, 5) is 17.2. The van der Waals surface area contributed by atoms with Crippen molar-refractivity contribution in [3.05, 3.63) is 99.5 Å². The van der Waals surface area contributed by atoms with E-state index in [0.717, 1.165) is 5.56 Å². The SMILES string of the molecule is O=C(c1ccccc1)c1cc(Cl)ccc1N=Cc1ccc(Cl)cc1. The smallest absolute Gasteiger partial charge is 0.195 e. The van der Waals surface area contributed by atoms with E-state index < -0.39 is 0 Å². The molecule has 4 heteroatoms. The zero-order chi connectivity index (χ0) is 16.9. The van der Waals surface area contributed by atoms with Crippen molar-refractivity contribution in [1.29, 1.82) is 0 Å². The fourth-order valence-electron chi connectivity index (χ4n) is 2.24. The Morgan fingerprint density at radius 2 is 1.50 bits per heavy atom. The van der Waals surface area contributed by atoms with Crippen molar-refractivity contribution in [1.82, 2.24) is 0 Å². The van der Waals surface area contributed by atoms with Crippen molar-refractivity contribution >= 4 is 40.9 Å². The predicted octanol–water partition coefficient (Wildman–Crippen LogP) is 5.98. The number of carbonyl (C=O) groups excluding carboxylic acids is 1. The number of benzene rings is 3. The Labute approximate surface area is 150 Å². The van der Waals surface area contributed by atoms with Gasteiger partial charge >= 0.3 is 0 Å². The van der Waals surface area contributed by atoms with E-state index in [9.17, 15) is 4.79 Å². The first kappa shape index (κ1) is 16.4. The number of ketones is 1. The summed E-state index contributed by atoms with van der Waals surface area (Å²) in [5.74, 6) is -0.110. The molecule has 0 saturated heterocycles. The van der Waals surface area contributed by atoms with Gasteiger partial charge in [0, 0.05) is 27.4 Å². The molecular formula is C20H13Cl2NO. The molecule has 0 aromatic heterocycles. The highest BCUT2D eigenvalue weighted by Crippen LogP contribution is 2.26. The molecule has 0 aliphatic heterocycles. The Bertz CT molecular complexity index is 887. The van der Waals surface area contributed by atoms with E-state index in [2.05, 4.69) is 4.99 Å². The number of hydrogen-bond acceptors (Lipinski definition) is 2. The molecule has 118 valence electrons. The predicted molar refractivity (Wildman–Crippen MR) is 100 cm³/mol. The second-order valence-corrected chi connectivity index (χ2v) is 6.04. The molecule has 2 nitrogen and oxygen atoms in total.